The fraction of sp³-hybridized carbons (Fsp3) is 0.235. The lowest BCUT2D eigenvalue weighted by Crippen LogP contribution is -2.40. The van der Waals surface area contributed by atoms with Crippen molar-refractivity contribution < 1.29 is 4.68 Å². The first kappa shape index (κ1) is 13.0. The van der Waals surface area contributed by atoms with Gasteiger partial charge in [0.25, 0.3) is 0 Å². The quantitative estimate of drug-likeness (QED) is 0.694. The molecule has 2 heterocycles. The zero-order chi connectivity index (χ0) is 14.8. The van der Waals surface area contributed by atoms with E-state index in [0.717, 1.165) is 30.4 Å². The van der Waals surface area contributed by atoms with Crippen molar-refractivity contribution in [2.75, 3.05) is 18.0 Å². The molecule has 1 fully saturated rings. The smallest absolute Gasteiger partial charge is 0.277 e. The number of rotatable bonds is 3. The SMILES string of the molecule is c1ccc(-n2nc(N3CCCC3)[n+](-c3ccccc3)n2)cc1. The number of hydrogen-bond acceptors (Lipinski definition) is 3. The third kappa shape index (κ3) is 2.35. The summed E-state index contributed by atoms with van der Waals surface area (Å²) in [6, 6.07) is 20.2. The highest BCUT2D eigenvalue weighted by Gasteiger charge is 2.29. The lowest BCUT2D eigenvalue weighted by atomic mass is 10.3. The lowest BCUT2D eigenvalue weighted by molar-refractivity contribution is -0.649. The summed E-state index contributed by atoms with van der Waals surface area (Å²) in [6.07, 6.45) is 2.43. The van der Waals surface area contributed by atoms with E-state index in [1.54, 1.807) is 4.80 Å². The molecule has 1 aliphatic rings. The van der Waals surface area contributed by atoms with Gasteiger partial charge in [-0.1, -0.05) is 41.1 Å². The molecule has 0 N–H and O–H groups in total. The largest absolute Gasteiger partial charge is 0.406 e. The van der Waals surface area contributed by atoms with Crippen molar-refractivity contribution in [3.05, 3.63) is 60.7 Å². The maximum atomic E-state index is 4.73. The van der Waals surface area contributed by atoms with Crippen LogP contribution in [0.15, 0.2) is 60.7 Å². The topological polar surface area (TPSA) is 37.8 Å². The van der Waals surface area contributed by atoms with Crippen molar-refractivity contribution in [1.82, 2.24) is 15.1 Å². The Bertz CT molecular complexity index is 745. The van der Waals surface area contributed by atoms with Crippen LogP contribution in [0.4, 0.5) is 5.95 Å². The second-order valence-electron chi connectivity index (χ2n) is 5.46. The van der Waals surface area contributed by atoms with Gasteiger partial charge in [0.15, 0.2) is 0 Å². The van der Waals surface area contributed by atoms with E-state index in [1.165, 1.54) is 12.8 Å². The molecule has 0 radical (unpaired) electrons. The van der Waals surface area contributed by atoms with E-state index in [0.29, 0.717) is 0 Å². The van der Waals surface area contributed by atoms with Crippen LogP contribution < -0.4 is 9.58 Å². The molecule has 0 bridgehead atoms. The first-order valence-electron chi connectivity index (χ1n) is 7.67. The number of hydrogen-bond donors (Lipinski definition) is 0. The third-order valence-electron chi connectivity index (χ3n) is 3.92. The van der Waals surface area contributed by atoms with E-state index in [9.17, 15) is 0 Å². The summed E-state index contributed by atoms with van der Waals surface area (Å²) in [4.78, 5) is 4.01. The second kappa shape index (κ2) is 5.60. The van der Waals surface area contributed by atoms with Gasteiger partial charge in [-0.15, -0.1) is 0 Å². The minimum atomic E-state index is 0.910. The Balaban J connectivity index is 1.83. The number of aromatic nitrogens is 4. The second-order valence-corrected chi connectivity index (χ2v) is 5.46. The Labute approximate surface area is 129 Å². The number of anilines is 1. The van der Waals surface area contributed by atoms with Gasteiger partial charge >= 0.3 is 5.95 Å². The number of benzene rings is 2. The molecular formula is C17H18N5+. The van der Waals surface area contributed by atoms with Crippen LogP contribution in [0.5, 0.6) is 0 Å². The van der Waals surface area contributed by atoms with Gasteiger partial charge in [-0.05, 0) is 41.9 Å². The maximum absolute atomic E-state index is 4.73. The Morgan fingerprint density at radius 3 is 2.14 bits per heavy atom. The molecule has 0 saturated carbocycles. The molecule has 1 aromatic heterocycles. The molecule has 0 unspecified atom stereocenters. The summed E-state index contributed by atoms with van der Waals surface area (Å²) in [5, 5.41) is 9.41. The molecule has 1 aliphatic heterocycles. The summed E-state index contributed by atoms with van der Waals surface area (Å²) in [5.74, 6) is 0.910. The predicted molar refractivity (Wildman–Crippen MR) is 84.3 cm³/mol. The molecule has 1 saturated heterocycles. The Morgan fingerprint density at radius 2 is 1.45 bits per heavy atom. The molecule has 5 heteroatoms. The highest BCUT2D eigenvalue weighted by molar-refractivity contribution is 5.32. The fourth-order valence-corrected chi connectivity index (χ4v) is 2.79. The predicted octanol–water partition coefficient (Wildman–Crippen LogP) is 2.14. The van der Waals surface area contributed by atoms with Crippen LogP contribution in [-0.2, 0) is 0 Å². The van der Waals surface area contributed by atoms with E-state index < -0.39 is 0 Å². The molecule has 22 heavy (non-hydrogen) atoms. The van der Waals surface area contributed by atoms with Crippen LogP contribution in [0.2, 0.25) is 0 Å². The standard InChI is InChI=1S/C17H18N5/c1-3-9-15(10-4-1)21-17(20-13-7-8-14-20)18-22(19-21)16-11-5-2-6-12-16/h1-6,9-12H,7-8,13-14H2/q+1. The van der Waals surface area contributed by atoms with Crippen molar-refractivity contribution in [2.45, 2.75) is 12.8 Å². The van der Waals surface area contributed by atoms with Gasteiger partial charge in [-0.3, -0.25) is 4.90 Å². The lowest BCUT2D eigenvalue weighted by Gasteiger charge is -2.08. The molecule has 3 aromatic rings. The van der Waals surface area contributed by atoms with Crippen LogP contribution in [-0.4, -0.2) is 28.2 Å². The minimum Gasteiger partial charge on any atom is -0.277 e. The maximum Gasteiger partial charge on any atom is 0.406 e. The molecule has 5 nitrogen and oxygen atoms in total. The Kier molecular flexibility index (Phi) is 3.31. The molecular weight excluding hydrogens is 274 g/mol. The van der Waals surface area contributed by atoms with Crippen LogP contribution in [0.3, 0.4) is 0 Å². The van der Waals surface area contributed by atoms with Gasteiger partial charge in [0.1, 0.15) is 11.4 Å². The summed E-state index contributed by atoms with van der Waals surface area (Å²) in [7, 11) is 0. The normalized spacial score (nSPS) is 14.5. The molecule has 0 spiro atoms. The van der Waals surface area contributed by atoms with E-state index in [4.69, 9.17) is 5.10 Å². The van der Waals surface area contributed by atoms with Crippen LogP contribution in [0, 0.1) is 0 Å². The van der Waals surface area contributed by atoms with Crippen LogP contribution in [0.1, 0.15) is 12.8 Å². The summed E-state index contributed by atoms with van der Waals surface area (Å²) < 4.78 is 1.93. The first-order chi connectivity index (χ1) is 10.9. The fourth-order valence-electron chi connectivity index (χ4n) is 2.79. The van der Waals surface area contributed by atoms with Gasteiger partial charge < -0.3 is 0 Å². The molecule has 0 amide bonds. The van der Waals surface area contributed by atoms with Gasteiger partial charge in [0.2, 0.25) is 0 Å². The average Bonchev–Trinajstić information content (AvgIpc) is 3.26. The van der Waals surface area contributed by atoms with Crippen LogP contribution >= 0.6 is 0 Å². The van der Waals surface area contributed by atoms with E-state index >= 15 is 0 Å². The van der Waals surface area contributed by atoms with Gasteiger partial charge in [-0.2, -0.15) is 0 Å². The number of nitrogens with zero attached hydrogens (tertiary/aromatic N) is 5. The van der Waals surface area contributed by atoms with Gasteiger partial charge in [0, 0.05) is 5.21 Å². The molecule has 2 aromatic carbocycles. The molecule has 4 rings (SSSR count). The van der Waals surface area contributed by atoms with E-state index in [2.05, 4.69) is 22.2 Å². The summed E-state index contributed by atoms with van der Waals surface area (Å²) in [5.41, 5.74) is 2.00. The molecule has 0 aliphatic carbocycles. The Morgan fingerprint density at radius 1 is 0.818 bits per heavy atom. The van der Waals surface area contributed by atoms with E-state index in [-0.39, 0.29) is 0 Å². The summed E-state index contributed by atoms with van der Waals surface area (Å²) in [6.45, 7) is 2.08. The van der Waals surface area contributed by atoms with Gasteiger partial charge in [-0.25, -0.2) is 0 Å². The average molecular weight is 292 g/mol. The number of tetrazole rings is 1. The third-order valence-corrected chi connectivity index (χ3v) is 3.92. The van der Waals surface area contributed by atoms with E-state index in [1.807, 2.05) is 53.2 Å². The van der Waals surface area contributed by atoms with Crippen LogP contribution in [0.25, 0.3) is 11.4 Å². The minimum absolute atomic E-state index is 0.910. The first-order valence-corrected chi connectivity index (χ1v) is 7.67. The number of para-hydroxylation sites is 2. The monoisotopic (exact) mass is 292 g/mol. The zero-order valence-corrected chi connectivity index (χ0v) is 12.3. The highest BCUT2D eigenvalue weighted by Crippen LogP contribution is 2.16. The highest BCUT2D eigenvalue weighted by atomic mass is 15.7. The van der Waals surface area contributed by atoms with Crippen molar-refractivity contribution in [3.63, 3.8) is 0 Å². The Hall–Kier alpha value is -2.69. The molecule has 110 valence electrons. The summed E-state index contributed by atoms with van der Waals surface area (Å²) >= 11 is 0. The van der Waals surface area contributed by atoms with Crippen molar-refractivity contribution >= 4 is 5.95 Å². The van der Waals surface area contributed by atoms with Crippen molar-refractivity contribution in [2.24, 2.45) is 0 Å². The van der Waals surface area contributed by atoms with Crippen molar-refractivity contribution in [3.8, 4) is 11.4 Å². The zero-order valence-electron chi connectivity index (χ0n) is 12.3. The van der Waals surface area contributed by atoms with Gasteiger partial charge in [0.05, 0.1) is 18.2 Å². The van der Waals surface area contributed by atoms with Crippen molar-refractivity contribution in [1.29, 1.82) is 0 Å². The molecule has 0 atom stereocenters.